The zero-order valence-electron chi connectivity index (χ0n) is 15.6. The number of nitrogens with one attached hydrogen (secondary N) is 2. The lowest BCUT2D eigenvalue weighted by Gasteiger charge is -2.25. The molecule has 1 unspecified atom stereocenters. The van der Waals surface area contributed by atoms with Crippen molar-refractivity contribution in [3.8, 4) is 0 Å². The molecule has 1 atom stereocenters. The molecule has 0 heterocycles. The van der Waals surface area contributed by atoms with Gasteiger partial charge in [0.2, 0.25) is 0 Å². The molecule has 0 rings (SSSR count). The van der Waals surface area contributed by atoms with Crippen LogP contribution in [0.25, 0.3) is 0 Å². The number of rotatable bonds is 15. The first-order valence-corrected chi connectivity index (χ1v) is 8.68. The maximum Gasteiger partial charge on any atom is 0.407 e. The summed E-state index contributed by atoms with van der Waals surface area (Å²) in [4.78, 5) is 45.3. The van der Waals surface area contributed by atoms with Gasteiger partial charge in [-0.2, -0.15) is 0 Å². The Morgan fingerprint density at radius 1 is 0.963 bits per heavy atom. The van der Waals surface area contributed by atoms with Crippen LogP contribution < -0.4 is 10.6 Å². The SMILES string of the molecule is CC(C)NCCOC(=O)NCCCCC(C(=O)O)N(CC(=O)O)CC(=O)O. The monoisotopic (exact) mass is 391 g/mol. The highest BCUT2D eigenvalue weighted by molar-refractivity contribution is 5.78. The van der Waals surface area contributed by atoms with Crippen molar-refractivity contribution in [3.05, 3.63) is 0 Å². The van der Waals surface area contributed by atoms with Gasteiger partial charge in [0.05, 0.1) is 13.1 Å². The van der Waals surface area contributed by atoms with E-state index in [1.165, 1.54) is 0 Å². The minimum Gasteiger partial charge on any atom is -0.480 e. The molecule has 0 spiro atoms. The minimum atomic E-state index is -1.31. The van der Waals surface area contributed by atoms with E-state index in [4.69, 9.17) is 14.9 Å². The van der Waals surface area contributed by atoms with Crippen molar-refractivity contribution in [2.24, 2.45) is 0 Å². The van der Waals surface area contributed by atoms with Gasteiger partial charge in [0, 0.05) is 19.1 Å². The van der Waals surface area contributed by atoms with Crippen LogP contribution in [0.1, 0.15) is 33.1 Å². The van der Waals surface area contributed by atoms with Crippen LogP contribution in [0.4, 0.5) is 4.79 Å². The van der Waals surface area contributed by atoms with E-state index in [-0.39, 0.29) is 19.6 Å². The minimum absolute atomic E-state index is 0.0604. The predicted octanol–water partition coefficient (Wildman–Crippen LogP) is -0.195. The summed E-state index contributed by atoms with van der Waals surface area (Å²) >= 11 is 0. The highest BCUT2D eigenvalue weighted by Gasteiger charge is 2.28. The number of nitrogens with zero attached hydrogens (tertiary/aromatic N) is 1. The number of carbonyl (C=O) groups excluding carboxylic acids is 1. The Balaban J connectivity index is 4.20. The molecule has 27 heavy (non-hydrogen) atoms. The first-order valence-electron chi connectivity index (χ1n) is 8.68. The van der Waals surface area contributed by atoms with Crippen LogP contribution in [0.5, 0.6) is 0 Å². The Labute approximate surface area is 157 Å². The first kappa shape index (κ1) is 24.6. The van der Waals surface area contributed by atoms with Gasteiger partial charge in [0.1, 0.15) is 12.6 Å². The van der Waals surface area contributed by atoms with E-state index < -0.39 is 43.1 Å². The summed E-state index contributed by atoms with van der Waals surface area (Å²) in [5.74, 6) is -3.90. The van der Waals surface area contributed by atoms with Crippen molar-refractivity contribution >= 4 is 24.0 Å². The van der Waals surface area contributed by atoms with Gasteiger partial charge < -0.3 is 30.7 Å². The molecule has 156 valence electrons. The maximum absolute atomic E-state index is 11.4. The smallest absolute Gasteiger partial charge is 0.407 e. The quantitative estimate of drug-likeness (QED) is 0.236. The molecule has 0 aliphatic carbocycles. The molecule has 0 aromatic rings. The van der Waals surface area contributed by atoms with Crippen molar-refractivity contribution < 1.29 is 39.2 Å². The van der Waals surface area contributed by atoms with Crippen LogP contribution in [-0.2, 0) is 19.1 Å². The van der Waals surface area contributed by atoms with Crippen molar-refractivity contribution in [2.75, 3.05) is 32.8 Å². The normalized spacial score (nSPS) is 12.0. The van der Waals surface area contributed by atoms with Gasteiger partial charge in [0.25, 0.3) is 0 Å². The molecule has 0 aliphatic heterocycles. The van der Waals surface area contributed by atoms with Crippen LogP contribution in [0.3, 0.4) is 0 Å². The topological polar surface area (TPSA) is 165 Å². The number of ether oxygens (including phenoxy) is 1. The van der Waals surface area contributed by atoms with E-state index in [9.17, 15) is 24.3 Å². The number of carboxylic acids is 3. The summed E-state index contributed by atoms with van der Waals surface area (Å²) in [6.07, 6.45) is 0.290. The lowest BCUT2D eigenvalue weighted by atomic mass is 10.1. The molecule has 5 N–H and O–H groups in total. The molecular formula is C16H29N3O8. The number of hydrogen-bond acceptors (Lipinski definition) is 7. The third-order valence-electron chi connectivity index (χ3n) is 3.46. The number of hydrogen-bond donors (Lipinski definition) is 5. The zero-order valence-corrected chi connectivity index (χ0v) is 15.6. The van der Waals surface area contributed by atoms with Gasteiger partial charge in [-0.3, -0.25) is 19.3 Å². The van der Waals surface area contributed by atoms with Gasteiger partial charge >= 0.3 is 24.0 Å². The second kappa shape index (κ2) is 13.8. The Hall–Kier alpha value is -2.40. The van der Waals surface area contributed by atoms with Crippen LogP contribution in [0.15, 0.2) is 0 Å². The van der Waals surface area contributed by atoms with Gasteiger partial charge in [-0.15, -0.1) is 0 Å². The van der Waals surface area contributed by atoms with E-state index >= 15 is 0 Å². The van der Waals surface area contributed by atoms with Crippen LogP contribution in [0.2, 0.25) is 0 Å². The fourth-order valence-corrected chi connectivity index (χ4v) is 2.28. The first-order chi connectivity index (χ1) is 12.6. The standard InChI is InChI=1S/C16H29N3O8/c1-11(2)17-7-8-27-16(26)18-6-4-3-5-12(15(24)25)19(9-13(20)21)10-14(22)23/h11-12,17H,3-10H2,1-2H3,(H,18,26)(H,20,21)(H,22,23)(H,24,25). The van der Waals surface area contributed by atoms with Crippen LogP contribution in [-0.4, -0.2) is 89.1 Å². The molecule has 11 nitrogen and oxygen atoms in total. The molecule has 0 aromatic heterocycles. The second-order valence-electron chi connectivity index (χ2n) is 6.21. The number of alkyl carbamates (subject to hydrolysis) is 1. The lowest BCUT2D eigenvalue weighted by Crippen LogP contribution is -2.46. The summed E-state index contributed by atoms with van der Waals surface area (Å²) in [6, 6.07) is -0.938. The van der Waals surface area contributed by atoms with E-state index in [2.05, 4.69) is 10.6 Å². The average Bonchev–Trinajstić information content (AvgIpc) is 2.52. The van der Waals surface area contributed by atoms with Crippen molar-refractivity contribution in [1.29, 1.82) is 0 Å². The molecule has 0 fully saturated rings. The van der Waals surface area contributed by atoms with Gasteiger partial charge in [-0.25, -0.2) is 4.79 Å². The third kappa shape index (κ3) is 13.5. The summed E-state index contributed by atoms with van der Waals surface area (Å²) in [6.45, 7) is 3.60. The van der Waals surface area contributed by atoms with Crippen LogP contribution >= 0.6 is 0 Å². The highest BCUT2D eigenvalue weighted by atomic mass is 16.5. The molecule has 0 bridgehead atoms. The Kier molecular flexibility index (Phi) is 12.5. The fraction of sp³-hybridized carbons (Fsp3) is 0.750. The molecule has 11 heteroatoms. The number of carboxylic acid groups (broad SMARTS) is 3. The average molecular weight is 391 g/mol. The molecule has 0 radical (unpaired) electrons. The second-order valence-corrected chi connectivity index (χ2v) is 6.21. The van der Waals surface area contributed by atoms with Crippen LogP contribution in [0, 0.1) is 0 Å². The Bertz CT molecular complexity index is 482. The maximum atomic E-state index is 11.4. The van der Waals surface area contributed by atoms with Crippen molar-refractivity contribution in [2.45, 2.75) is 45.2 Å². The van der Waals surface area contributed by atoms with E-state index in [1.54, 1.807) is 0 Å². The largest absolute Gasteiger partial charge is 0.480 e. The van der Waals surface area contributed by atoms with Crippen molar-refractivity contribution in [1.82, 2.24) is 15.5 Å². The molecule has 0 aromatic carbocycles. The Morgan fingerprint density at radius 2 is 1.56 bits per heavy atom. The number of aliphatic carboxylic acids is 3. The highest BCUT2D eigenvalue weighted by Crippen LogP contribution is 2.09. The molecule has 1 amide bonds. The number of carbonyl (C=O) groups is 4. The molecular weight excluding hydrogens is 362 g/mol. The summed E-state index contributed by atoms with van der Waals surface area (Å²) < 4.78 is 4.94. The molecule has 0 aliphatic rings. The summed E-state index contributed by atoms with van der Waals surface area (Å²) in [5, 5.41) is 32.5. The summed E-state index contributed by atoms with van der Waals surface area (Å²) in [7, 11) is 0. The molecule has 0 saturated carbocycles. The number of unbranched alkanes of at least 4 members (excludes halogenated alkanes) is 1. The predicted molar refractivity (Wildman–Crippen MR) is 94.6 cm³/mol. The Morgan fingerprint density at radius 3 is 2.04 bits per heavy atom. The lowest BCUT2D eigenvalue weighted by molar-refractivity contribution is -0.149. The van der Waals surface area contributed by atoms with Gasteiger partial charge in [0.15, 0.2) is 0 Å². The zero-order chi connectivity index (χ0) is 20.8. The van der Waals surface area contributed by atoms with E-state index in [1.807, 2.05) is 13.8 Å². The fourth-order valence-electron chi connectivity index (χ4n) is 2.28. The van der Waals surface area contributed by atoms with Gasteiger partial charge in [-0.1, -0.05) is 13.8 Å². The summed E-state index contributed by atoms with van der Waals surface area (Å²) in [5.41, 5.74) is 0. The van der Waals surface area contributed by atoms with E-state index in [0.717, 1.165) is 4.90 Å². The van der Waals surface area contributed by atoms with E-state index in [0.29, 0.717) is 25.4 Å². The number of amides is 1. The van der Waals surface area contributed by atoms with Gasteiger partial charge in [-0.05, 0) is 19.3 Å². The third-order valence-corrected chi connectivity index (χ3v) is 3.46. The molecule has 0 saturated heterocycles. The van der Waals surface area contributed by atoms with Crippen molar-refractivity contribution in [3.63, 3.8) is 0 Å².